The fourth-order valence-corrected chi connectivity index (χ4v) is 4.91. The summed E-state index contributed by atoms with van der Waals surface area (Å²) in [7, 11) is 0. The van der Waals surface area contributed by atoms with Crippen molar-refractivity contribution >= 4 is 28.2 Å². The Morgan fingerprint density at radius 1 is 1.42 bits per heavy atom. The SMILES string of the molecule is CCC(C)(C)[C@H]1CCc2c(sc(NC(=O)C[C@@H](C)CC(=O)O)c2C#N)C1. The van der Waals surface area contributed by atoms with E-state index in [0.717, 1.165) is 31.2 Å². The van der Waals surface area contributed by atoms with E-state index in [9.17, 15) is 14.9 Å². The molecule has 0 bridgehead atoms. The predicted molar refractivity (Wildman–Crippen MR) is 103 cm³/mol. The van der Waals surface area contributed by atoms with E-state index in [-0.39, 0.29) is 30.1 Å². The standard InChI is InChI=1S/C20H28N2O3S/c1-5-20(3,4)13-6-7-14-15(11-21)19(26-16(14)10-13)22-17(23)8-12(2)9-18(24)25/h12-13H,5-10H2,1-4H3,(H,22,23)(H,24,25)/t12-,13+/m1/s1. The number of fused-ring (bicyclic) bond motifs is 1. The molecule has 0 saturated heterocycles. The van der Waals surface area contributed by atoms with Gasteiger partial charge in [0.05, 0.1) is 5.56 Å². The van der Waals surface area contributed by atoms with Crippen LogP contribution in [0.25, 0.3) is 0 Å². The molecule has 142 valence electrons. The van der Waals surface area contributed by atoms with Gasteiger partial charge in [-0.25, -0.2) is 0 Å². The zero-order valence-electron chi connectivity index (χ0n) is 16.0. The van der Waals surface area contributed by atoms with E-state index < -0.39 is 5.97 Å². The van der Waals surface area contributed by atoms with Gasteiger partial charge < -0.3 is 10.4 Å². The zero-order valence-corrected chi connectivity index (χ0v) is 16.8. The van der Waals surface area contributed by atoms with Gasteiger partial charge in [0.25, 0.3) is 0 Å². The third-order valence-corrected chi connectivity index (χ3v) is 6.87. The second-order valence-corrected chi connectivity index (χ2v) is 9.16. The number of nitrogens with one attached hydrogen (secondary N) is 1. The Balaban J connectivity index is 2.14. The van der Waals surface area contributed by atoms with Crippen LogP contribution < -0.4 is 5.32 Å². The number of thiophene rings is 1. The van der Waals surface area contributed by atoms with E-state index in [4.69, 9.17) is 5.11 Å². The molecule has 0 saturated carbocycles. The van der Waals surface area contributed by atoms with Gasteiger partial charge >= 0.3 is 5.97 Å². The molecule has 1 aromatic heterocycles. The van der Waals surface area contributed by atoms with Gasteiger partial charge in [-0.1, -0.05) is 34.1 Å². The number of anilines is 1. The van der Waals surface area contributed by atoms with Crippen LogP contribution in [0, 0.1) is 28.6 Å². The Morgan fingerprint density at radius 2 is 2.12 bits per heavy atom. The maximum absolute atomic E-state index is 12.2. The molecule has 0 fully saturated rings. The summed E-state index contributed by atoms with van der Waals surface area (Å²) in [6.07, 6.45) is 4.14. The number of amides is 1. The monoisotopic (exact) mass is 376 g/mol. The first-order chi connectivity index (χ1) is 12.2. The molecule has 0 spiro atoms. The molecule has 1 aliphatic rings. The van der Waals surface area contributed by atoms with Gasteiger partial charge in [0.1, 0.15) is 11.1 Å². The van der Waals surface area contributed by atoms with Crippen molar-refractivity contribution in [3.8, 4) is 6.07 Å². The van der Waals surface area contributed by atoms with Crippen molar-refractivity contribution in [1.82, 2.24) is 0 Å². The highest BCUT2D eigenvalue weighted by Crippen LogP contribution is 2.45. The van der Waals surface area contributed by atoms with Crippen molar-refractivity contribution in [2.75, 3.05) is 5.32 Å². The van der Waals surface area contributed by atoms with Crippen molar-refractivity contribution in [2.45, 2.75) is 66.2 Å². The maximum atomic E-state index is 12.2. The Morgan fingerprint density at radius 3 is 2.69 bits per heavy atom. The topological polar surface area (TPSA) is 90.2 Å². The number of hydrogen-bond donors (Lipinski definition) is 2. The minimum atomic E-state index is -0.904. The lowest BCUT2D eigenvalue weighted by Crippen LogP contribution is -2.28. The van der Waals surface area contributed by atoms with Crippen LogP contribution in [0.2, 0.25) is 0 Å². The fourth-order valence-electron chi connectivity index (χ4n) is 3.61. The van der Waals surface area contributed by atoms with Crippen LogP contribution in [0.5, 0.6) is 0 Å². The maximum Gasteiger partial charge on any atom is 0.303 e. The largest absolute Gasteiger partial charge is 0.481 e. The average molecular weight is 377 g/mol. The molecular weight excluding hydrogens is 348 g/mol. The number of carboxylic acid groups (broad SMARTS) is 1. The highest BCUT2D eigenvalue weighted by Gasteiger charge is 2.34. The summed E-state index contributed by atoms with van der Waals surface area (Å²) >= 11 is 1.52. The van der Waals surface area contributed by atoms with Crippen LogP contribution in [-0.2, 0) is 22.4 Å². The molecule has 1 amide bonds. The van der Waals surface area contributed by atoms with Crippen LogP contribution in [0.4, 0.5) is 5.00 Å². The van der Waals surface area contributed by atoms with Crippen LogP contribution in [0.15, 0.2) is 0 Å². The van der Waals surface area contributed by atoms with Crippen molar-refractivity contribution in [1.29, 1.82) is 5.26 Å². The number of carbonyl (C=O) groups is 2. The quantitative estimate of drug-likeness (QED) is 0.727. The second-order valence-electron chi connectivity index (χ2n) is 8.06. The number of nitrogens with zero attached hydrogens (tertiary/aromatic N) is 1. The Bertz CT molecular complexity index is 730. The van der Waals surface area contributed by atoms with Gasteiger partial charge in [0, 0.05) is 17.7 Å². The predicted octanol–water partition coefficient (Wildman–Crippen LogP) is 4.60. The summed E-state index contributed by atoms with van der Waals surface area (Å²) in [4.78, 5) is 24.2. The van der Waals surface area contributed by atoms with Crippen LogP contribution in [0.3, 0.4) is 0 Å². The minimum Gasteiger partial charge on any atom is -0.481 e. The summed E-state index contributed by atoms with van der Waals surface area (Å²) < 4.78 is 0. The van der Waals surface area contributed by atoms with Gasteiger partial charge in [-0.3, -0.25) is 9.59 Å². The second kappa shape index (κ2) is 8.22. The zero-order chi connectivity index (χ0) is 19.5. The van der Waals surface area contributed by atoms with Gasteiger partial charge in [0.15, 0.2) is 0 Å². The number of rotatable bonds is 7. The highest BCUT2D eigenvalue weighted by atomic mass is 32.1. The lowest BCUT2D eigenvalue weighted by atomic mass is 9.69. The van der Waals surface area contributed by atoms with Crippen molar-refractivity contribution in [3.63, 3.8) is 0 Å². The summed E-state index contributed by atoms with van der Waals surface area (Å²) in [5.41, 5.74) is 1.95. The number of nitriles is 1. The third-order valence-electron chi connectivity index (χ3n) is 5.70. The van der Waals surface area contributed by atoms with Gasteiger partial charge in [0.2, 0.25) is 5.91 Å². The Hall–Kier alpha value is -1.87. The molecular formula is C20H28N2O3S. The summed E-state index contributed by atoms with van der Waals surface area (Å²) in [6, 6.07) is 2.26. The first-order valence-corrected chi connectivity index (χ1v) is 10.1. The summed E-state index contributed by atoms with van der Waals surface area (Å²) in [6.45, 7) is 8.56. The van der Waals surface area contributed by atoms with E-state index in [1.807, 2.05) is 0 Å². The minimum absolute atomic E-state index is 0.0345. The van der Waals surface area contributed by atoms with Gasteiger partial charge in [-0.15, -0.1) is 11.3 Å². The molecule has 0 aromatic carbocycles. The molecule has 2 N–H and O–H groups in total. The summed E-state index contributed by atoms with van der Waals surface area (Å²) in [5, 5.41) is 21.9. The normalized spacial score (nSPS) is 17.9. The number of aliphatic carboxylic acids is 1. The highest BCUT2D eigenvalue weighted by molar-refractivity contribution is 7.16. The molecule has 0 aliphatic heterocycles. The molecule has 2 rings (SSSR count). The van der Waals surface area contributed by atoms with E-state index >= 15 is 0 Å². The molecule has 0 unspecified atom stereocenters. The smallest absolute Gasteiger partial charge is 0.303 e. The van der Waals surface area contributed by atoms with Crippen LogP contribution in [0.1, 0.15) is 69.4 Å². The molecule has 1 heterocycles. The molecule has 2 atom stereocenters. The van der Waals surface area contributed by atoms with E-state index in [0.29, 0.717) is 16.5 Å². The molecule has 5 nitrogen and oxygen atoms in total. The lowest BCUT2D eigenvalue weighted by Gasteiger charge is -2.36. The number of carboxylic acids is 1. The van der Waals surface area contributed by atoms with Gasteiger partial charge in [-0.05, 0) is 42.1 Å². The number of hydrogen-bond acceptors (Lipinski definition) is 4. The van der Waals surface area contributed by atoms with Crippen molar-refractivity contribution in [2.24, 2.45) is 17.3 Å². The first-order valence-electron chi connectivity index (χ1n) is 9.24. The Labute approximate surface area is 159 Å². The summed E-state index contributed by atoms with van der Waals surface area (Å²) in [5.74, 6) is -0.773. The fraction of sp³-hybridized carbons (Fsp3) is 0.650. The van der Waals surface area contributed by atoms with E-state index in [1.165, 1.54) is 16.2 Å². The molecule has 1 aromatic rings. The van der Waals surface area contributed by atoms with E-state index in [2.05, 4.69) is 32.2 Å². The van der Waals surface area contributed by atoms with E-state index in [1.54, 1.807) is 6.92 Å². The molecule has 0 radical (unpaired) electrons. The van der Waals surface area contributed by atoms with Gasteiger partial charge in [-0.2, -0.15) is 5.26 Å². The lowest BCUT2D eigenvalue weighted by molar-refractivity contribution is -0.138. The average Bonchev–Trinajstić information content (AvgIpc) is 2.89. The Kier molecular flexibility index (Phi) is 6.46. The molecule has 26 heavy (non-hydrogen) atoms. The molecule has 1 aliphatic carbocycles. The molecule has 6 heteroatoms. The van der Waals surface area contributed by atoms with Crippen molar-refractivity contribution in [3.05, 3.63) is 16.0 Å². The van der Waals surface area contributed by atoms with Crippen LogP contribution in [-0.4, -0.2) is 17.0 Å². The van der Waals surface area contributed by atoms with Crippen molar-refractivity contribution < 1.29 is 14.7 Å². The van der Waals surface area contributed by atoms with Crippen LogP contribution >= 0.6 is 11.3 Å². The number of carbonyl (C=O) groups excluding carboxylic acids is 1. The first kappa shape index (κ1) is 20.4. The third kappa shape index (κ3) is 4.64.